The highest BCUT2D eigenvalue weighted by Crippen LogP contribution is 2.37. The topological polar surface area (TPSA) is 538 Å². The minimum Gasteiger partial charge on any atom is -0.479 e. The average molecular weight is 1090 g/mol. The second-order valence-electron chi connectivity index (χ2n) is 18.5. The SMILES string of the molecule is NCCCCCO[C@H]1OC(CO)[C@H](O[C@H]2OC(CO)[C@@H](O[C@@H]3OC(CO)[C@@H](O[C@@H]4OC(C(=O)O)[C@@H](O[C@H]5OC(CO)[C@H](O[C@H]6OC(CO)[C@@H](O)[C@H](O)C6O)[C@H](O)C5O)[C@H](O)C4O)[C@H](O)C3O)[C@H](O)C2O)[C@H](O)C1O. The fraction of sp³-hybridized carbons (Fsp3) is 0.976. The van der Waals surface area contributed by atoms with E-state index in [-0.39, 0.29) is 6.61 Å². The molecule has 0 amide bonds. The first-order valence-electron chi connectivity index (χ1n) is 23.8. The molecule has 432 valence electrons. The molecule has 21 N–H and O–H groups in total. The third-order valence-electron chi connectivity index (χ3n) is 13.5. The third kappa shape index (κ3) is 13.3. The van der Waals surface area contributed by atoms with Gasteiger partial charge in [0.15, 0.2) is 43.8 Å². The van der Waals surface area contributed by atoms with Crippen LogP contribution in [-0.4, -0.2) is 333 Å². The quantitative estimate of drug-likeness (QED) is 0.0448. The second-order valence-corrected chi connectivity index (χ2v) is 18.5. The first-order chi connectivity index (χ1) is 35.2. The van der Waals surface area contributed by atoms with E-state index in [0.29, 0.717) is 19.4 Å². The first-order valence-corrected chi connectivity index (χ1v) is 23.8. The Morgan fingerprint density at radius 2 is 0.649 bits per heavy atom. The summed E-state index contributed by atoms with van der Waals surface area (Å²) in [4.78, 5) is 12.5. The van der Waals surface area contributed by atoms with Gasteiger partial charge in [0.05, 0.1) is 33.0 Å². The predicted molar refractivity (Wildman–Crippen MR) is 226 cm³/mol. The summed E-state index contributed by atoms with van der Waals surface area (Å²) in [6.07, 6.45) is -56.5. The molecule has 0 spiro atoms. The van der Waals surface area contributed by atoms with Crippen LogP contribution in [0.25, 0.3) is 0 Å². The maximum Gasteiger partial charge on any atom is 0.335 e. The van der Waals surface area contributed by atoms with Crippen molar-refractivity contribution in [3.05, 3.63) is 0 Å². The standard InChI is InChI=1S/C41H71NO32/c42-4-2-1-3-5-63-36-24(56)18(50)29(12(7-44)65-36)70-38-25(57)19(51)31(13(8-45)66-38)71-39-26(58)20(52)32(15(10-47)67-39)72-41-28(60)22(54)33(34(74-41)35(61)62)73-40-27(59)21(53)30(14(9-46)68-40)69-37-23(55)17(49)16(48)11(6-43)64-37/h11-34,36-41,43-60H,1-10,42H2,(H,61,62)/t11?,12?,13?,14?,15?,16-,17+,18-,19-,20-,21-,22-,23?,24?,25?,26?,27?,28?,29+,30+,31-,32-,33+,34?,36+,37-,38-,39+,40-,41-/m1/s1. The van der Waals surface area contributed by atoms with E-state index in [0.717, 1.165) is 6.42 Å². The summed E-state index contributed by atoms with van der Waals surface area (Å²) in [5, 5.41) is 202. The largest absolute Gasteiger partial charge is 0.479 e. The lowest BCUT2D eigenvalue weighted by Gasteiger charge is -2.49. The summed E-state index contributed by atoms with van der Waals surface area (Å²) in [6, 6.07) is 0. The van der Waals surface area contributed by atoms with E-state index >= 15 is 0 Å². The summed E-state index contributed by atoms with van der Waals surface area (Å²) in [7, 11) is 0. The number of aliphatic hydroxyl groups excluding tert-OH is 18. The van der Waals surface area contributed by atoms with Crippen LogP contribution in [0.3, 0.4) is 0 Å². The molecule has 33 heteroatoms. The number of carboxylic acid groups (broad SMARTS) is 1. The molecule has 0 saturated carbocycles. The van der Waals surface area contributed by atoms with Crippen LogP contribution in [0.4, 0.5) is 0 Å². The molecule has 0 radical (unpaired) electrons. The number of carboxylic acids is 1. The maximum atomic E-state index is 12.5. The highest BCUT2D eigenvalue weighted by Gasteiger charge is 2.58. The molecule has 6 heterocycles. The molecule has 6 aliphatic heterocycles. The fourth-order valence-electron chi connectivity index (χ4n) is 9.23. The molecule has 0 bridgehead atoms. The Labute approximate surface area is 419 Å². The number of ether oxygens (including phenoxy) is 12. The van der Waals surface area contributed by atoms with Crippen LogP contribution < -0.4 is 5.73 Å². The first kappa shape index (κ1) is 61.4. The summed E-state index contributed by atoms with van der Waals surface area (Å²) in [5.74, 6) is -1.91. The molecule has 30 atom stereocenters. The van der Waals surface area contributed by atoms with Crippen molar-refractivity contribution >= 4 is 5.97 Å². The number of rotatable bonds is 22. The molecule has 0 aromatic rings. The Morgan fingerprint density at radius 1 is 0.351 bits per heavy atom. The summed E-state index contributed by atoms with van der Waals surface area (Å²) >= 11 is 0. The molecular weight excluding hydrogens is 1020 g/mol. The lowest BCUT2D eigenvalue weighted by Crippen LogP contribution is -2.68. The van der Waals surface area contributed by atoms with Crippen LogP contribution in [0.2, 0.25) is 0 Å². The van der Waals surface area contributed by atoms with Crippen molar-refractivity contribution in [1.29, 1.82) is 0 Å². The van der Waals surface area contributed by atoms with Crippen LogP contribution in [0.15, 0.2) is 0 Å². The fourth-order valence-corrected chi connectivity index (χ4v) is 9.23. The maximum absolute atomic E-state index is 12.5. The number of hydrogen-bond donors (Lipinski definition) is 20. The van der Waals surface area contributed by atoms with E-state index in [9.17, 15) is 102 Å². The van der Waals surface area contributed by atoms with Gasteiger partial charge in [-0.05, 0) is 25.8 Å². The Morgan fingerprint density at radius 3 is 1.00 bits per heavy atom. The molecule has 33 nitrogen and oxygen atoms in total. The van der Waals surface area contributed by atoms with Gasteiger partial charge in [-0.15, -0.1) is 0 Å². The van der Waals surface area contributed by atoms with E-state index in [1.54, 1.807) is 0 Å². The Kier molecular flexibility index (Phi) is 22.8. The number of carbonyl (C=O) groups is 1. The smallest absolute Gasteiger partial charge is 0.335 e. The van der Waals surface area contributed by atoms with Crippen LogP contribution >= 0.6 is 0 Å². The molecule has 6 saturated heterocycles. The van der Waals surface area contributed by atoms with Gasteiger partial charge in [-0.2, -0.15) is 0 Å². The number of aliphatic carboxylic acids is 1. The van der Waals surface area contributed by atoms with Gasteiger partial charge in [-0.25, -0.2) is 4.79 Å². The van der Waals surface area contributed by atoms with Crippen molar-refractivity contribution in [2.45, 2.75) is 203 Å². The van der Waals surface area contributed by atoms with E-state index in [1.807, 2.05) is 0 Å². The second kappa shape index (κ2) is 27.4. The van der Waals surface area contributed by atoms with Crippen molar-refractivity contribution in [3.63, 3.8) is 0 Å². The van der Waals surface area contributed by atoms with Gasteiger partial charge < -0.3 is 160 Å². The number of unbranched alkanes of at least 4 members (excludes halogenated alkanes) is 2. The molecule has 0 aromatic heterocycles. The van der Waals surface area contributed by atoms with Gasteiger partial charge in [-0.1, -0.05) is 0 Å². The monoisotopic (exact) mass is 1090 g/mol. The number of hydrogen-bond acceptors (Lipinski definition) is 32. The molecule has 0 aliphatic carbocycles. The lowest BCUT2D eigenvalue weighted by atomic mass is 9.95. The van der Waals surface area contributed by atoms with Crippen LogP contribution in [0, 0.1) is 0 Å². The van der Waals surface area contributed by atoms with E-state index in [4.69, 9.17) is 62.6 Å². The highest BCUT2D eigenvalue weighted by molar-refractivity contribution is 5.73. The van der Waals surface area contributed by atoms with E-state index < -0.39 is 223 Å². The van der Waals surface area contributed by atoms with Gasteiger partial charge in [-0.3, -0.25) is 0 Å². The molecule has 0 aromatic carbocycles. The molecular formula is C41H71NO32. The van der Waals surface area contributed by atoms with Gasteiger partial charge in [0, 0.05) is 6.61 Å². The molecule has 6 aliphatic rings. The van der Waals surface area contributed by atoms with Crippen molar-refractivity contribution in [3.8, 4) is 0 Å². The summed E-state index contributed by atoms with van der Waals surface area (Å²) in [6.45, 7) is -4.19. The van der Waals surface area contributed by atoms with Crippen molar-refractivity contribution in [2.24, 2.45) is 5.73 Å². The van der Waals surface area contributed by atoms with Gasteiger partial charge in [0.2, 0.25) is 0 Å². The molecule has 6 fully saturated rings. The number of nitrogens with two attached hydrogens (primary N) is 1. The predicted octanol–water partition coefficient (Wildman–Crippen LogP) is -12.9. The van der Waals surface area contributed by atoms with Gasteiger partial charge >= 0.3 is 5.97 Å². The van der Waals surface area contributed by atoms with Crippen LogP contribution in [0.1, 0.15) is 19.3 Å². The van der Waals surface area contributed by atoms with Gasteiger partial charge in [0.1, 0.15) is 140 Å². The van der Waals surface area contributed by atoms with Crippen LogP contribution in [0.5, 0.6) is 0 Å². The minimum absolute atomic E-state index is 0.111. The Hall–Kier alpha value is -1.77. The third-order valence-corrected chi connectivity index (χ3v) is 13.5. The summed E-state index contributed by atoms with van der Waals surface area (Å²) in [5.41, 5.74) is 5.49. The van der Waals surface area contributed by atoms with Crippen molar-refractivity contribution in [1.82, 2.24) is 0 Å². The van der Waals surface area contributed by atoms with E-state index in [1.165, 1.54) is 0 Å². The molecule has 12 unspecified atom stereocenters. The summed E-state index contributed by atoms with van der Waals surface area (Å²) < 4.78 is 66.5. The van der Waals surface area contributed by atoms with Crippen molar-refractivity contribution < 1.29 is 159 Å². The minimum atomic E-state index is -2.36. The van der Waals surface area contributed by atoms with Crippen molar-refractivity contribution in [2.75, 3.05) is 46.2 Å². The zero-order valence-electron chi connectivity index (χ0n) is 39.3. The Bertz CT molecular complexity index is 1690. The number of aliphatic hydroxyl groups is 18. The van der Waals surface area contributed by atoms with E-state index in [2.05, 4.69) is 0 Å². The highest BCUT2D eigenvalue weighted by atomic mass is 16.8. The zero-order chi connectivity index (χ0) is 54.5. The molecule has 74 heavy (non-hydrogen) atoms. The van der Waals surface area contributed by atoms with Gasteiger partial charge in [0.25, 0.3) is 0 Å². The molecule has 6 rings (SSSR count). The average Bonchev–Trinajstić information content (AvgIpc) is 3.38. The normalized spacial score (nSPS) is 49.4. The lowest BCUT2D eigenvalue weighted by molar-refractivity contribution is -0.393. The zero-order valence-corrected chi connectivity index (χ0v) is 39.3. The van der Waals surface area contributed by atoms with Crippen LogP contribution in [-0.2, 0) is 61.6 Å². The Balaban J connectivity index is 1.06.